The predicted octanol–water partition coefficient (Wildman–Crippen LogP) is -0.420. The molecule has 0 radical (unpaired) electrons. The highest BCUT2D eigenvalue weighted by atomic mass is 16.9. The van der Waals surface area contributed by atoms with Gasteiger partial charge in [-0.3, -0.25) is 9.59 Å². The Morgan fingerprint density at radius 2 is 1.73 bits per heavy atom. The summed E-state index contributed by atoms with van der Waals surface area (Å²) in [4.78, 5) is 25.6. The molecule has 0 amide bonds. The molecule has 0 aromatic carbocycles. The largest absolute Gasteiger partial charge is 0.481 e. The van der Waals surface area contributed by atoms with Crippen molar-refractivity contribution < 1.29 is 63.6 Å². The number of aliphatic hydroxyl groups is 5. The van der Waals surface area contributed by atoms with E-state index in [2.05, 4.69) is 0 Å². The molecule has 7 fully saturated rings. The monoisotopic (exact) mass is 578 g/mol. The van der Waals surface area contributed by atoms with Gasteiger partial charge in [0.1, 0.15) is 40.7 Å². The van der Waals surface area contributed by atoms with Crippen molar-refractivity contribution in [3.05, 3.63) is 24.2 Å². The van der Waals surface area contributed by atoms with Gasteiger partial charge in [0.25, 0.3) is 5.97 Å². The molecule has 3 saturated heterocycles. The number of fused-ring (bicyclic) bond motifs is 3. The molecular weight excluding hydrogens is 544 g/mol. The average molecular weight is 579 g/mol. The zero-order valence-corrected chi connectivity index (χ0v) is 22.9. The summed E-state index contributed by atoms with van der Waals surface area (Å²) in [6.07, 6.45) is -6.62. The van der Waals surface area contributed by atoms with Crippen LogP contribution in [0.4, 0.5) is 0 Å². The first kappa shape index (κ1) is 26.5. The van der Waals surface area contributed by atoms with E-state index in [1.807, 2.05) is 0 Å². The summed E-state index contributed by atoms with van der Waals surface area (Å²) < 4.78 is 30.7. The molecule has 4 heterocycles. The Kier molecular flexibility index (Phi) is 4.42. The van der Waals surface area contributed by atoms with Crippen LogP contribution in [0, 0.1) is 28.1 Å². The number of aliphatic carboxylic acids is 1. The highest BCUT2D eigenvalue weighted by Crippen LogP contribution is 2.89. The molecule has 6 N–H and O–H groups in total. The number of carboxylic acid groups (broad SMARTS) is 1. The molecule has 1 aromatic heterocycles. The van der Waals surface area contributed by atoms with E-state index in [-0.39, 0.29) is 6.42 Å². The Bertz CT molecular complexity index is 1400. The van der Waals surface area contributed by atoms with Crippen LogP contribution in [0.1, 0.15) is 58.6 Å². The fourth-order valence-corrected chi connectivity index (χ4v) is 11.7. The van der Waals surface area contributed by atoms with Crippen LogP contribution in [0.5, 0.6) is 0 Å². The first-order valence-electron chi connectivity index (χ1n) is 14.0. The maximum absolute atomic E-state index is 13.3. The molecule has 4 bridgehead atoms. The summed E-state index contributed by atoms with van der Waals surface area (Å²) in [7, 11) is 0. The van der Waals surface area contributed by atoms with E-state index in [4.69, 9.17) is 23.4 Å². The highest BCUT2D eigenvalue weighted by molar-refractivity contribution is 5.73. The summed E-state index contributed by atoms with van der Waals surface area (Å²) in [6.45, 7) is 6.26. The van der Waals surface area contributed by atoms with Crippen LogP contribution in [0.15, 0.2) is 23.0 Å². The number of esters is 1. The minimum Gasteiger partial charge on any atom is -0.481 e. The summed E-state index contributed by atoms with van der Waals surface area (Å²) in [5.74, 6) is -6.06. The molecule has 2 spiro atoms. The quantitative estimate of drug-likeness (QED) is 0.252. The molecule has 15 atom stereocenters. The minimum atomic E-state index is -2.42. The van der Waals surface area contributed by atoms with Gasteiger partial charge in [-0.25, -0.2) is 0 Å². The lowest BCUT2D eigenvalue weighted by Gasteiger charge is -2.78. The van der Waals surface area contributed by atoms with Gasteiger partial charge in [0.15, 0.2) is 0 Å². The smallest absolute Gasteiger partial charge is 0.306 e. The number of rotatable bonds is 3. The molecular formula is C28H34O13. The molecule has 2 unspecified atom stereocenters. The van der Waals surface area contributed by atoms with Gasteiger partial charge in [0.2, 0.25) is 0 Å². The summed E-state index contributed by atoms with van der Waals surface area (Å²) >= 11 is 0. The maximum Gasteiger partial charge on any atom is 0.306 e. The van der Waals surface area contributed by atoms with E-state index < -0.39 is 112 Å². The number of carboxylic acids is 1. The van der Waals surface area contributed by atoms with Crippen LogP contribution >= 0.6 is 0 Å². The van der Waals surface area contributed by atoms with E-state index in [1.165, 1.54) is 19.5 Å². The second-order valence-corrected chi connectivity index (χ2v) is 14.1. The second kappa shape index (κ2) is 6.83. The number of carbonyl (C=O) groups is 2. The highest BCUT2D eigenvalue weighted by Gasteiger charge is 3.04. The van der Waals surface area contributed by atoms with Gasteiger partial charge in [0.05, 0.1) is 31.2 Å². The average Bonchev–Trinajstić information content (AvgIpc) is 3.59. The third kappa shape index (κ3) is 2.15. The van der Waals surface area contributed by atoms with Crippen LogP contribution < -0.4 is 0 Å². The van der Waals surface area contributed by atoms with E-state index in [9.17, 15) is 40.2 Å². The van der Waals surface area contributed by atoms with E-state index in [0.29, 0.717) is 5.56 Å². The van der Waals surface area contributed by atoms with Crippen molar-refractivity contribution in [2.75, 3.05) is 0 Å². The van der Waals surface area contributed by atoms with Gasteiger partial charge < -0.3 is 54.0 Å². The molecule has 4 saturated carbocycles. The Labute approximate surface area is 233 Å². The fraction of sp³-hybridized carbons (Fsp3) is 0.786. The third-order valence-corrected chi connectivity index (χ3v) is 12.9. The van der Waals surface area contributed by atoms with Crippen LogP contribution in [-0.2, 0) is 28.5 Å². The van der Waals surface area contributed by atoms with Crippen molar-refractivity contribution in [3.63, 3.8) is 0 Å². The Balaban J connectivity index is 1.48. The molecule has 4 aliphatic carbocycles. The number of aliphatic hydroxyl groups excluding tert-OH is 4. The first-order chi connectivity index (χ1) is 19.0. The number of cyclic esters (lactones) is 1. The van der Waals surface area contributed by atoms with E-state index in [0.717, 1.165) is 0 Å². The van der Waals surface area contributed by atoms with Gasteiger partial charge >= 0.3 is 11.9 Å². The van der Waals surface area contributed by atoms with Crippen molar-refractivity contribution in [1.82, 2.24) is 0 Å². The zero-order chi connectivity index (χ0) is 29.6. The molecule has 13 nitrogen and oxygen atoms in total. The number of furan rings is 1. The van der Waals surface area contributed by atoms with Crippen LogP contribution in [0.2, 0.25) is 0 Å². The van der Waals surface area contributed by atoms with Gasteiger partial charge in [-0.2, -0.15) is 0 Å². The normalized spacial score (nSPS) is 62.9. The lowest BCUT2D eigenvalue weighted by molar-refractivity contribution is -0.492. The van der Waals surface area contributed by atoms with Crippen molar-refractivity contribution in [3.8, 4) is 0 Å². The fourth-order valence-electron chi connectivity index (χ4n) is 11.7. The second-order valence-electron chi connectivity index (χ2n) is 14.1. The maximum atomic E-state index is 13.3. The van der Waals surface area contributed by atoms with Crippen molar-refractivity contribution >= 4 is 11.9 Å². The van der Waals surface area contributed by atoms with Crippen molar-refractivity contribution in [2.24, 2.45) is 28.1 Å². The molecule has 224 valence electrons. The molecule has 1 aromatic rings. The zero-order valence-electron chi connectivity index (χ0n) is 22.9. The lowest BCUT2D eigenvalue weighted by Crippen LogP contribution is -2.96. The lowest BCUT2D eigenvalue weighted by atomic mass is 9.32. The predicted molar refractivity (Wildman–Crippen MR) is 129 cm³/mol. The van der Waals surface area contributed by atoms with Crippen molar-refractivity contribution in [1.29, 1.82) is 0 Å². The summed E-state index contributed by atoms with van der Waals surface area (Å²) in [5.41, 5.74) is -12.7. The van der Waals surface area contributed by atoms with Crippen LogP contribution in [-0.4, -0.2) is 95.4 Å². The minimum absolute atomic E-state index is 0.0756. The standard InChI is InChI=1S/C28H34O13/c1-21-10-25-23(3,12(21)7-14(29)30)28-17(33)16(32)22(2)13(8-15(31)38-18(22)11-5-6-37-9-11)27(28,40-24(4,39-25)41-28)20(35)26(25,36)19(21)34/h5-6,9,12-13,16-20,32-36H,7-8,10H2,1-4H3,(H,29,30)/t12-,13+,16-,17+,18-,19-,20+,21+,22-,23+,24?,25?,26-,27+,28-/m0/s1. The van der Waals surface area contributed by atoms with Gasteiger partial charge in [0, 0.05) is 41.1 Å². The van der Waals surface area contributed by atoms with Gasteiger partial charge in [-0.05, 0) is 18.4 Å². The van der Waals surface area contributed by atoms with Gasteiger partial charge in [-0.15, -0.1) is 0 Å². The molecule has 13 heteroatoms. The third-order valence-electron chi connectivity index (χ3n) is 12.9. The van der Waals surface area contributed by atoms with Crippen molar-refractivity contribution in [2.45, 2.75) is 106 Å². The number of hydrogen-bond donors (Lipinski definition) is 6. The summed E-state index contributed by atoms with van der Waals surface area (Å²) in [5, 5.41) is 71.6. The van der Waals surface area contributed by atoms with Gasteiger partial charge in [-0.1, -0.05) is 20.8 Å². The molecule has 8 rings (SSSR count). The van der Waals surface area contributed by atoms with E-state index in [1.54, 1.807) is 26.8 Å². The molecule has 7 aliphatic rings. The Morgan fingerprint density at radius 1 is 1.02 bits per heavy atom. The SMILES string of the molecule is CC12OC34C[C@@]5(C)[C@H](O)[C@]3(O)[C@@H](O)[C@]3(O1)[C@@H]1CC(=O)O[C@@H](c6ccoc6)[C@]1(C)[C@@H](O)[C@@H](O)[C@]3(O2)[C@]4(C)[C@H]5CC(=O)O. The number of carbonyl (C=O) groups excluding carboxylic acids is 1. The van der Waals surface area contributed by atoms with Crippen LogP contribution in [0.3, 0.4) is 0 Å². The number of hydrogen-bond acceptors (Lipinski definition) is 12. The first-order valence-corrected chi connectivity index (χ1v) is 14.0. The number of ether oxygens (including phenoxy) is 4. The topological polar surface area (TPSA) is 206 Å². The summed E-state index contributed by atoms with van der Waals surface area (Å²) in [6, 6.07) is 1.56. The van der Waals surface area contributed by atoms with E-state index >= 15 is 0 Å². The Morgan fingerprint density at radius 3 is 2.37 bits per heavy atom. The molecule has 41 heavy (non-hydrogen) atoms. The molecule has 3 aliphatic heterocycles. The van der Waals surface area contributed by atoms with Crippen LogP contribution in [0.25, 0.3) is 0 Å². The Hall–Kier alpha value is -2.10.